The lowest BCUT2D eigenvalue weighted by atomic mass is 9.70. The number of carbonyl (C=O) groups is 2. The quantitative estimate of drug-likeness (QED) is 0.164. The number of halogens is 1. The third kappa shape index (κ3) is 8.21. The van der Waals surface area contributed by atoms with Crippen LogP contribution in [0.2, 0.25) is 0 Å². The van der Waals surface area contributed by atoms with Gasteiger partial charge in [0, 0.05) is 30.1 Å². The third-order valence-electron chi connectivity index (χ3n) is 9.78. The lowest BCUT2D eigenvalue weighted by molar-refractivity contribution is -0.128. The Kier molecular flexibility index (Phi) is 10.1. The summed E-state index contributed by atoms with van der Waals surface area (Å²) in [6.45, 7) is 4.24. The van der Waals surface area contributed by atoms with Gasteiger partial charge in [-0.3, -0.25) is 14.1 Å². The Labute approximate surface area is 286 Å². The summed E-state index contributed by atoms with van der Waals surface area (Å²) in [7, 11) is 1.99. The normalized spacial score (nSPS) is 19.6. The molecule has 1 N–H and O–H groups in total. The predicted octanol–water partition coefficient (Wildman–Crippen LogP) is 6.13. The summed E-state index contributed by atoms with van der Waals surface area (Å²) in [5.41, 5.74) is 2.01. The molecule has 1 amide bonds. The number of Topliss-reactive ketones (excluding diaryl/α,β-unsaturated/α-hetero) is 1. The molecule has 2 atom stereocenters. The first kappa shape index (κ1) is 35.8. The van der Waals surface area contributed by atoms with Gasteiger partial charge in [0.1, 0.15) is 34.5 Å². The Morgan fingerprint density at radius 3 is 2.12 bits per heavy atom. The van der Waals surface area contributed by atoms with Crippen molar-refractivity contribution in [2.24, 2.45) is 16.7 Å². The van der Waals surface area contributed by atoms with Crippen LogP contribution in [0.1, 0.15) is 49.2 Å². The first-order chi connectivity index (χ1) is 23.0. The van der Waals surface area contributed by atoms with E-state index in [0.29, 0.717) is 42.4 Å². The minimum Gasteiger partial charge on any atom is -0.748 e. The lowest BCUT2D eigenvalue weighted by Crippen LogP contribution is -2.42. The number of nitrogens with zero attached hydrogens (tertiary/aromatic N) is 3. The van der Waals surface area contributed by atoms with Gasteiger partial charge < -0.3 is 14.6 Å². The molecule has 2 fully saturated rings. The molecule has 12 heteroatoms. The summed E-state index contributed by atoms with van der Waals surface area (Å²) >= 11 is 0. The highest BCUT2D eigenvalue weighted by molar-refractivity contribution is 7.85. The minimum absolute atomic E-state index is 0.0248. The van der Waals surface area contributed by atoms with Crippen molar-refractivity contribution in [1.82, 2.24) is 19.8 Å². The molecule has 2 unspecified atom stereocenters. The first-order valence-electron chi connectivity index (χ1n) is 16.0. The number of aromatic nitrogens is 2. The Balaban J connectivity index is 0.000000259. The van der Waals surface area contributed by atoms with Crippen molar-refractivity contribution >= 4 is 27.5 Å². The maximum atomic E-state index is 13.0. The van der Waals surface area contributed by atoms with Crippen molar-refractivity contribution in [2.45, 2.75) is 39.7 Å². The van der Waals surface area contributed by atoms with Gasteiger partial charge in [0.25, 0.3) is 5.91 Å². The van der Waals surface area contributed by atoms with E-state index in [1.165, 1.54) is 17.8 Å². The largest absolute Gasteiger partial charge is 0.748 e. The van der Waals surface area contributed by atoms with E-state index in [2.05, 4.69) is 48.6 Å². The van der Waals surface area contributed by atoms with Crippen LogP contribution >= 0.6 is 0 Å². The topological polar surface area (TPSA) is 138 Å². The van der Waals surface area contributed by atoms with E-state index in [-0.39, 0.29) is 28.8 Å². The van der Waals surface area contributed by atoms with Gasteiger partial charge >= 0.3 is 0 Å². The van der Waals surface area contributed by atoms with Gasteiger partial charge in [-0.25, -0.2) is 22.8 Å². The second-order valence-corrected chi connectivity index (χ2v) is 15.5. The summed E-state index contributed by atoms with van der Waals surface area (Å²) in [5, 5.41) is 2.91. The van der Waals surface area contributed by atoms with Crippen molar-refractivity contribution in [1.29, 1.82) is 0 Å². The molecule has 258 valence electrons. The highest BCUT2D eigenvalue weighted by Gasteiger charge is 2.64. The maximum absolute atomic E-state index is 13.0. The van der Waals surface area contributed by atoms with Gasteiger partial charge in [-0.1, -0.05) is 26.0 Å². The fourth-order valence-corrected chi connectivity index (χ4v) is 7.96. The highest BCUT2D eigenvalue weighted by Crippen LogP contribution is 2.64. The van der Waals surface area contributed by atoms with Gasteiger partial charge in [0.15, 0.2) is 5.82 Å². The van der Waals surface area contributed by atoms with Crippen LogP contribution in [0, 0.1) is 22.6 Å². The summed E-state index contributed by atoms with van der Waals surface area (Å²) in [5.74, 6) is 0.708. The Bertz CT molecular complexity index is 1930. The predicted molar refractivity (Wildman–Crippen MR) is 184 cm³/mol. The fraction of sp³-hybridized carbons (Fsp3) is 0.351. The average molecular weight is 689 g/mol. The summed E-state index contributed by atoms with van der Waals surface area (Å²) < 4.78 is 52.2. The molecule has 6 rings (SSSR count). The summed E-state index contributed by atoms with van der Waals surface area (Å²) in [6, 6.07) is 22.7. The zero-order chi connectivity index (χ0) is 35.6. The third-order valence-corrected chi connectivity index (χ3v) is 10.6. The molecule has 2 bridgehead atoms. The number of quaternary nitrogens is 1. The van der Waals surface area contributed by atoms with Gasteiger partial charge in [0.2, 0.25) is 0 Å². The molecule has 3 aromatic carbocycles. The van der Waals surface area contributed by atoms with Crippen LogP contribution < -0.4 is 14.5 Å². The number of amides is 1. The molecule has 1 aromatic heterocycles. The van der Waals surface area contributed by atoms with Crippen LogP contribution in [-0.2, 0) is 21.5 Å². The van der Waals surface area contributed by atoms with Crippen LogP contribution in [0.3, 0.4) is 0 Å². The SMILES string of the molecule is CC1(C)C2CCC1(CS(=O)(=O)[O-])C(=O)C2.C[N+](C)(C)c1ccc(CNC(=O)c2ccnc(-c3ccc(Oc4ccc(F)cc4)cc3)n2)cc1. The van der Waals surface area contributed by atoms with Crippen LogP contribution in [0.5, 0.6) is 11.5 Å². The van der Waals surface area contributed by atoms with Gasteiger partial charge in [-0.05, 0) is 96.5 Å². The molecular weight excluding hydrogens is 647 g/mol. The van der Waals surface area contributed by atoms with E-state index in [1.54, 1.807) is 36.5 Å². The van der Waals surface area contributed by atoms with E-state index in [1.807, 2.05) is 38.1 Å². The fourth-order valence-electron chi connectivity index (χ4n) is 6.68. The standard InChI is InChI=1S/C27H25FN4O2.C10H16O4S/c1-32(2,3)22-10-4-19(5-11-22)18-30-27(33)25-16-17-29-26(31-25)20-6-12-23(13-7-20)34-24-14-8-21(28)9-15-24;1-9(2)7-3-4-10(9,8(11)5-7)6-15(12,13)14/h4-17H,18H2,1-3H3;7H,3-6H2,1-2H3,(H,12,13,14). The van der Waals surface area contributed by atoms with E-state index in [9.17, 15) is 27.0 Å². The number of ketones is 1. The maximum Gasteiger partial charge on any atom is 0.270 e. The molecule has 1 heterocycles. The highest BCUT2D eigenvalue weighted by atomic mass is 32.2. The van der Waals surface area contributed by atoms with E-state index in [4.69, 9.17) is 4.74 Å². The zero-order valence-corrected chi connectivity index (χ0v) is 29.1. The number of hydrogen-bond acceptors (Lipinski definition) is 8. The number of rotatable bonds is 9. The zero-order valence-electron chi connectivity index (χ0n) is 28.3. The number of benzene rings is 3. The molecule has 4 aromatic rings. The van der Waals surface area contributed by atoms with Crippen molar-refractivity contribution < 1.29 is 31.7 Å². The molecule has 49 heavy (non-hydrogen) atoms. The number of ether oxygens (including phenoxy) is 1. The van der Waals surface area contributed by atoms with E-state index >= 15 is 0 Å². The van der Waals surface area contributed by atoms with Crippen LogP contribution in [0.4, 0.5) is 10.1 Å². The van der Waals surface area contributed by atoms with E-state index in [0.717, 1.165) is 22.0 Å². The Morgan fingerprint density at radius 1 is 0.980 bits per heavy atom. The molecule has 2 aliphatic carbocycles. The molecule has 2 aliphatic rings. The van der Waals surface area contributed by atoms with Crippen molar-refractivity contribution in [3.05, 3.63) is 102 Å². The van der Waals surface area contributed by atoms with Gasteiger partial charge in [0.05, 0.1) is 37.0 Å². The second-order valence-electron chi connectivity index (χ2n) is 14.1. The molecule has 0 aliphatic heterocycles. The monoisotopic (exact) mass is 688 g/mol. The number of carbonyl (C=O) groups excluding carboxylic acids is 2. The van der Waals surface area contributed by atoms with Gasteiger partial charge in [-0.2, -0.15) is 0 Å². The lowest BCUT2D eigenvalue weighted by Gasteiger charge is -2.37. The molecule has 0 spiro atoms. The molecule has 2 saturated carbocycles. The van der Waals surface area contributed by atoms with Crippen LogP contribution in [0.15, 0.2) is 85.1 Å². The molecule has 0 saturated heterocycles. The van der Waals surface area contributed by atoms with Gasteiger partial charge in [-0.15, -0.1) is 0 Å². The Hall–Kier alpha value is -4.52. The number of fused-ring (bicyclic) bond motifs is 2. The number of nitrogens with one attached hydrogen (secondary N) is 1. The first-order valence-corrected chi connectivity index (χ1v) is 17.6. The Morgan fingerprint density at radius 2 is 1.59 bits per heavy atom. The summed E-state index contributed by atoms with van der Waals surface area (Å²) in [6.07, 6.45) is 3.44. The molecule has 0 radical (unpaired) electrons. The van der Waals surface area contributed by atoms with Crippen LogP contribution in [-0.4, -0.2) is 61.5 Å². The average Bonchev–Trinajstić information content (AvgIpc) is 3.39. The van der Waals surface area contributed by atoms with Crippen molar-refractivity contribution in [2.75, 3.05) is 26.9 Å². The van der Waals surface area contributed by atoms with Crippen molar-refractivity contribution in [3.63, 3.8) is 0 Å². The van der Waals surface area contributed by atoms with Crippen molar-refractivity contribution in [3.8, 4) is 22.9 Å². The summed E-state index contributed by atoms with van der Waals surface area (Å²) in [4.78, 5) is 33.2. The number of hydrogen-bond donors (Lipinski definition) is 1. The van der Waals surface area contributed by atoms with Crippen LogP contribution in [0.25, 0.3) is 11.4 Å². The second kappa shape index (κ2) is 13.8. The molecular formula is C37H41FN4O6S. The smallest absolute Gasteiger partial charge is 0.270 e. The molecule has 10 nitrogen and oxygen atoms in total. The van der Waals surface area contributed by atoms with E-state index < -0.39 is 21.3 Å². The minimum atomic E-state index is -4.33.